The van der Waals surface area contributed by atoms with Crippen LogP contribution in [0.5, 0.6) is 5.75 Å². The molecule has 1 aliphatic heterocycles. The fraction of sp³-hybridized carbons (Fsp3) is 0.625. The van der Waals surface area contributed by atoms with E-state index in [2.05, 4.69) is 43.1 Å². The molecule has 1 saturated heterocycles. The van der Waals surface area contributed by atoms with Crippen LogP contribution in [-0.2, 0) is 0 Å². The zero-order valence-electron chi connectivity index (χ0n) is 12.4. The third kappa shape index (κ3) is 4.84. The van der Waals surface area contributed by atoms with Crippen LogP contribution in [0.1, 0.15) is 19.4 Å². The summed E-state index contributed by atoms with van der Waals surface area (Å²) in [4.78, 5) is 2.52. The van der Waals surface area contributed by atoms with Crippen LogP contribution in [0.15, 0.2) is 24.3 Å². The molecule has 0 aromatic heterocycles. The van der Waals surface area contributed by atoms with E-state index in [0.717, 1.165) is 45.1 Å². The Bertz CT molecular complexity index is 397. The molecule has 0 atom stereocenters. The van der Waals surface area contributed by atoms with E-state index in [1.165, 1.54) is 5.56 Å². The Balaban J connectivity index is 1.82. The van der Waals surface area contributed by atoms with Crippen LogP contribution in [0.3, 0.4) is 0 Å². The molecule has 0 saturated carbocycles. The van der Waals surface area contributed by atoms with Crippen LogP contribution >= 0.6 is 0 Å². The highest BCUT2D eigenvalue weighted by molar-refractivity contribution is 5.27. The van der Waals surface area contributed by atoms with E-state index in [1.54, 1.807) is 0 Å². The van der Waals surface area contributed by atoms with Gasteiger partial charge < -0.3 is 15.0 Å². The fourth-order valence-electron chi connectivity index (χ4n) is 2.50. The second-order valence-electron chi connectivity index (χ2n) is 6.30. The summed E-state index contributed by atoms with van der Waals surface area (Å²) in [6.45, 7) is 13.0. The van der Waals surface area contributed by atoms with Crippen molar-refractivity contribution < 1.29 is 4.74 Å². The number of hydrogen-bond donors (Lipinski definition) is 1. The number of nitrogens with zero attached hydrogens (tertiary/aromatic N) is 1. The molecule has 106 valence electrons. The average Bonchev–Trinajstić information content (AvgIpc) is 2.37. The van der Waals surface area contributed by atoms with Gasteiger partial charge in [0.25, 0.3) is 0 Å². The lowest BCUT2D eigenvalue weighted by atomic mass is 9.93. The van der Waals surface area contributed by atoms with Crippen molar-refractivity contribution in [1.82, 2.24) is 10.2 Å². The van der Waals surface area contributed by atoms with Crippen molar-refractivity contribution in [2.75, 3.05) is 39.3 Å². The van der Waals surface area contributed by atoms with Crippen LogP contribution < -0.4 is 10.1 Å². The SMILES string of the molecule is Cc1cccc(OCC(C)(C)CN2CCNCC2)c1. The van der Waals surface area contributed by atoms with Gasteiger partial charge in [-0.3, -0.25) is 0 Å². The molecule has 1 aliphatic rings. The highest BCUT2D eigenvalue weighted by atomic mass is 16.5. The summed E-state index contributed by atoms with van der Waals surface area (Å²) in [7, 11) is 0. The molecular weight excluding hydrogens is 236 g/mol. The molecule has 2 rings (SSSR count). The lowest BCUT2D eigenvalue weighted by Crippen LogP contribution is -2.48. The second kappa shape index (κ2) is 6.40. The summed E-state index contributed by atoms with van der Waals surface area (Å²) in [5, 5.41) is 3.39. The molecule has 0 bridgehead atoms. The summed E-state index contributed by atoms with van der Waals surface area (Å²) in [6, 6.07) is 8.28. The molecule has 1 N–H and O–H groups in total. The molecule has 1 aromatic rings. The third-order valence-electron chi connectivity index (χ3n) is 3.48. The van der Waals surface area contributed by atoms with E-state index >= 15 is 0 Å². The first-order chi connectivity index (χ1) is 9.05. The van der Waals surface area contributed by atoms with Gasteiger partial charge in [0.2, 0.25) is 0 Å². The van der Waals surface area contributed by atoms with E-state index in [0.29, 0.717) is 0 Å². The largest absolute Gasteiger partial charge is 0.493 e. The van der Waals surface area contributed by atoms with Crippen molar-refractivity contribution in [3.05, 3.63) is 29.8 Å². The zero-order valence-corrected chi connectivity index (χ0v) is 12.4. The summed E-state index contributed by atoms with van der Waals surface area (Å²) >= 11 is 0. The third-order valence-corrected chi connectivity index (χ3v) is 3.48. The average molecular weight is 262 g/mol. The maximum atomic E-state index is 5.95. The van der Waals surface area contributed by atoms with Crippen molar-refractivity contribution in [3.8, 4) is 5.75 Å². The second-order valence-corrected chi connectivity index (χ2v) is 6.30. The predicted octanol–water partition coefficient (Wildman–Crippen LogP) is 2.31. The summed E-state index contributed by atoms with van der Waals surface area (Å²) < 4.78 is 5.95. The maximum absolute atomic E-state index is 5.95. The summed E-state index contributed by atoms with van der Waals surface area (Å²) in [6.07, 6.45) is 0. The smallest absolute Gasteiger partial charge is 0.119 e. The highest BCUT2D eigenvalue weighted by Gasteiger charge is 2.23. The van der Waals surface area contributed by atoms with Crippen LogP contribution in [-0.4, -0.2) is 44.2 Å². The Morgan fingerprint density at radius 2 is 2.00 bits per heavy atom. The van der Waals surface area contributed by atoms with E-state index < -0.39 is 0 Å². The number of aryl methyl sites for hydroxylation is 1. The van der Waals surface area contributed by atoms with Gasteiger partial charge in [-0.1, -0.05) is 26.0 Å². The minimum absolute atomic E-state index is 0.182. The molecule has 0 unspecified atom stereocenters. The maximum Gasteiger partial charge on any atom is 0.119 e. The van der Waals surface area contributed by atoms with Crippen LogP contribution in [0.25, 0.3) is 0 Å². The first-order valence-electron chi connectivity index (χ1n) is 7.18. The van der Waals surface area contributed by atoms with Crippen molar-refractivity contribution in [2.24, 2.45) is 5.41 Å². The molecule has 19 heavy (non-hydrogen) atoms. The Morgan fingerprint density at radius 1 is 1.26 bits per heavy atom. The van der Waals surface area contributed by atoms with Crippen LogP contribution in [0.2, 0.25) is 0 Å². The van der Waals surface area contributed by atoms with E-state index in [4.69, 9.17) is 4.74 Å². The molecule has 1 heterocycles. The Hall–Kier alpha value is -1.06. The lowest BCUT2D eigenvalue weighted by Gasteiger charge is -2.35. The van der Waals surface area contributed by atoms with Crippen LogP contribution in [0.4, 0.5) is 0 Å². The first kappa shape index (κ1) is 14.4. The van der Waals surface area contributed by atoms with Gasteiger partial charge in [0.15, 0.2) is 0 Å². The van der Waals surface area contributed by atoms with Gasteiger partial charge in [0, 0.05) is 38.1 Å². The topological polar surface area (TPSA) is 24.5 Å². The Kier molecular flexibility index (Phi) is 4.83. The van der Waals surface area contributed by atoms with E-state index in [1.807, 2.05) is 12.1 Å². The fourth-order valence-corrected chi connectivity index (χ4v) is 2.50. The van der Waals surface area contributed by atoms with Gasteiger partial charge >= 0.3 is 0 Å². The molecule has 1 fully saturated rings. The number of ether oxygens (including phenoxy) is 1. The van der Waals surface area contributed by atoms with Gasteiger partial charge in [-0.05, 0) is 24.6 Å². The number of piperazine rings is 1. The highest BCUT2D eigenvalue weighted by Crippen LogP contribution is 2.21. The van der Waals surface area contributed by atoms with Gasteiger partial charge in [-0.2, -0.15) is 0 Å². The van der Waals surface area contributed by atoms with Gasteiger partial charge in [0.1, 0.15) is 5.75 Å². The molecular formula is C16H26N2O. The van der Waals surface area contributed by atoms with Crippen LogP contribution in [0, 0.1) is 12.3 Å². The normalized spacial score (nSPS) is 17.4. The first-order valence-corrected chi connectivity index (χ1v) is 7.18. The molecule has 3 nitrogen and oxygen atoms in total. The van der Waals surface area contributed by atoms with Gasteiger partial charge in [0.05, 0.1) is 6.61 Å². The Morgan fingerprint density at radius 3 is 2.68 bits per heavy atom. The monoisotopic (exact) mass is 262 g/mol. The minimum Gasteiger partial charge on any atom is -0.493 e. The van der Waals surface area contributed by atoms with Crippen molar-refractivity contribution in [1.29, 1.82) is 0 Å². The number of rotatable bonds is 5. The molecule has 3 heteroatoms. The van der Waals surface area contributed by atoms with Gasteiger partial charge in [-0.15, -0.1) is 0 Å². The molecule has 0 aliphatic carbocycles. The quantitative estimate of drug-likeness (QED) is 0.881. The predicted molar refractivity (Wildman–Crippen MR) is 79.8 cm³/mol. The van der Waals surface area contributed by atoms with Crippen molar-refractivity contribution in [2.45, 2.75) is 20.8 Å². The number of nitrogens with one attached hydrogen (secondary N) is 1. The minimum atomic E-state index is 0.182. The molecule has 0 radical (unpaired) electrons. The number of hydrogen-bond acceptors (Lipinski definition) is 3. The number of benzene rings is 1. The van der Waals surface area contributed by atoms with Crippen molar-refractivity contribution in [3.63, 3.8) is 0 Å². The lowest BCUT2D eigenvalue weighted by molar-refractivity contribution is 0.107. The van der Waals surface area contributed by atoms with Crippen molar-refractivity contribution >= 4 is 0 Å². The standard InChI is InChI=1S/C16H26N2O/c1-14-5-4-6-15(11-14)19-13-16(2,3)12-18-9-7-17-8-10-18/h4-6,11,17H,7-10,12-13H2,1-3H3. The van der Waals surface area contributed by atoms with Gasteiger partial charge in [-0.25, -0.2) is 0 Å². The molecule has 1 aromatic carbocycles. The van der Waals surface area contributed by atoms with E-state index in [9.17, 15) is 0 Å². The molecule has 0 amide bonds. The summed E-state index contributed by atoms with van der Waals surface area (Å²) in [5.41, 5.74) is 1.43. The zero-order chi connectivity index (χ0) is 13.7. The molecule has 0 spiro atoms. The summed E-state index contributed by atoms with van der Waals surface area (Å²) in [5.74, 6) is 0.980. The van der Waals surface area contributed by atoms with E-state index in [-0.39, 0.29) is 5.41 Å². The Labute approximate surface area is 116 Å².